The lowest BCUT2D eigenvalue weighted by Gasteiger charge is -2.11. The van der Waals surface area contributed by atoms with Crippen LogP contribution in [0.3, 0.4) is 0 Å². The van der Waals surface area contributed by atoms with Crippen molar-refractivity contribution in [2.45, 2.75) is 45.4 Å². The fraction of sp³-hybridized carbons (Fsp3) is 0.769. The van der Waals surface area contributed by atoms with Crippen LogP contribution in [-0.4, -0.2) is 16.3 Å². The van der Waals surface area contributed by atoms with Gasteiger partial charge in [-0.2, -0.15) is 5.10 Å². The molecule has 0 aliphatic heterocycles. The van der Waals surface area contributed by atoms with Gasteiger partial charge in [-0.05, 0) is 25.2 Å². The minimum absolute atomic E-state index is 0.879. The van der Waals surface area contributed by atoms with Crippen LogP contribution >= 0.6 is 0 Å². The summed E-state index contributed by atoms with van der Waals surface area (Å²) in [6.45, 7) is 3.31. The molecule has 3 nitrogen and oxygen atoms in total. The van der Waals surface area contributed by atoms with Gasteiger partial charge in [0.05, 0.1) is 5.69 Å². The van der Waals surface area contributed by atoms with E-state index in [2.05, 4.69) is 23.4 Å². The second kappa shape index (κ2) is 5.37. The van der Waals surface area contributed by atoms with Gasteiger partial charge in [-0.15, -0.1) is 0 Å². The molecule has 2 rings (SSSR count). The minimum Gasteiger partial charge on any atom is -0.370 e. The van der Waals surface area contributed by atoms with Gasteiger partial charge in [-0.3, -0.25) is 4.68 Å². The predicted octanol–water partition coefficient (Wildman–Crippen LogP) is 2.97. The van der Waals surface area contributed by atoms with E-state index in [1.165, 1.54) is 43.6 Å². The number of aromatic nitrogens is 2. The molecule has 0 atom stereocenters. The molecule has 1 aromatic rings. The lowest BCUT2D eigenvalue weighted by atomic mass is 10.1. The van der Waals surface area contributed by atoms with E-state index in [4.69, 9.17) is 0 Å². The van der Waals surface area contributed by atoms with Crippen molar-refractivity contribution in [2.24, 2.45) is 13.0 Å². The molecule has 1 fully saturated rings. The Kier molecular flexibility index (Phi) is 3.86. The maximum absolute atomic E-state index is 4.50. The second-order valence-electron chi connectivity index (χ2n) is 4.93. The summed E-state index contributed by atoms with van der Waals surface area (Å²) in [7, 11) is 2.02. The molecule has 0 spiro atoms. The third-order valence-electron chi connectivity index (χ3n) is 3.48. The van der Waals surface area contributed by atoms with E-state index in [0.29, 0.717) is 0 Å². The second-order valence-corrected chi connectivity index (χ2v) is 4.93. The zero-order chi connectivity index (χ0) is 11.4. The maximum atomic E-state index is 4.50. The molecule has 1 aliphatic carbocycles. The fourth-order valence-electron chi connectivity index (χ4n) is 2.53. The van der Waals surface area contributed by atoms with Crippen molar-refractivity contribution < 1.29 is 0 Å². The molecule has 16 heavy (non-hydrogen) atoms. The highest BCUT2D eigenvalue weighted by Gasteiger charge is 2.15. The Morgan fingerprint density at radius 3 is 2.88 bits per heavy atom. The average Bonchev–Trinajstić information content (AvgIpc) is 2.86. The largest absolute Gasteiger partial charge is 0.370 e. The number of anilines is 1. The van der Waals surface area contributed by atoms with Crippen LogP contribution in [0.5, 0.6) is 0 Å². The van der Waals surface area contributed by atoms with E-state index in [-0.39, 0.29) is 0 Å². The van der Waals surface area contributed by atoms with E-state index >= 15 is 0 Å². The molecule has 0 aromatic carbocycles. The van der Waals surface area contributed by atoms with Gasteiger partial charge in [0.1, 0.15) is 5.82 Å². The summed E-state index contributed by atoms with van der Waals surface area (Å²) in [5.41, 5.74) is 1.21. The van der Waals surface area contributed by atoms with Gasteiger partial charge in [0.25, 0.3) is 0 Å². The highest BCUT2D eigenvalue weighted by atomic mass is 15.3. The van der Waals surface area contributed by atoms with Crippen LogP contribution in [0.25, 0.3) is 0 Å². The van der Waals surface area contributed by atoms with Gasteiger partial charge in [-0.1, -0.05) is 26.2 Å². The van der Waals surface area contributed by atoms with E-state index in [9.17, 15) is 0 Å². The zero-order valence-electron chi connectivity index (χ0n) is 10.5. The van der Waals surface area contributed by atoms with Crippen molar-refractivity contribution in [2.75, 3.05) is 11.9 Å². The summed E-state index contributed by atoms with van der Waals surface area (Å²) in [6, 6.07) is 2.19. The van der Waals surface area contributed by atoms with E-state index in [0.717, 1.165) is 18.9 Å². The molecule has 90 valence electrons. The first-order chi connectivity index (χ1) is 7.79. The Labute approximate surface area is 98.2 Å². The summed E-state index contributed by atoms with van der Waals surface area (Å²) in [5.74, 6) is 2.06. The molecule has 1 aliphatic rings. The predicted molar refractivity (Wildman–Crippen MR) is 67.7 cm³/mol. The van der Waals surface area contributed by atoms with Crippen LogP contribution in [0.2, 0.25) is 0 Å². The number of hydrogen-bond donors (Lipinski definition) is 1. The van der Waals surface area contributed by atoms with Crippen molar-refractivity contribution in [3.05, 3.63) is 11.8 Å². The molecule has 1 heterocycles. The Morgan fingerprint density at radius 1 is 1.44 bits per heavy atom. The van der Waals surface area contributed by atoms with E-state index < -0.39 is 0 Å². The van der Waals surface area contributed by atoms with Crippen molar-refractivity contribution in [1.82, 2.24) is 9.78 Å². The first kappa shape index (κ1) is 11.5. The lowest BCUT2D eigenvalue weighted by Crippen LogP contribution is -2.13. The number of nitrogens with zero attached hydrogens (tertiary/aromatic N) is 2. The summed E-state index contributed by atoms with van der Waals surface area (Å²) in [6.07, 6.45) is 7.87. The zero-order valence-corrected chi connectivity index (χ0v) is 10.5. The van der Waals surface area contributed by atoms with Crippen LogP contribution in [0, 0.1) is 5.92 Å². The molecule has 0 saturated heterocycles. The standard InChI is InChI=1S/C13H23N3/c1-3-6-12-9-13(16(2)15-12)14-10-11-7-4-5-8-11/h9,11,14H,3-8,10H2,1-2H3. The summed E-state index contributed by atoms with van der Waals surface area (Å²) >= 11 is 0. The Morgan fingerprint density at radius 2 is 2.19 bits per heavy atom. The average molecular weight is 221 g/mol. The van der Waals surface area contributed by atoms with Crippen LogP contribution in [0.1, 0.15) is 44.7 Å². The van der Waals surface area contributed by atoms with Crippen LogP contribution in [-0.2, 0) is 13.5 Å². The van der Waals surface area contributed by atoms with Gasteiger partial charge < -0.3 is 5.32 Å². The molecule has 0 amide bonds. The van der Waals surface area contributed by atoms with Gasteiger partial charge in [0.2, 0.25) is 0 Å². The fourth-order valence-corrected chi connectivity index (χ4v) is 2.53. The monoisotopic (exact) mass is 221 g/mol. The number of aryl methyl sites for hydroxylation is 2. The first-order valence-electron chi connectivity index (χ1n) is 6.56. The van der Waals surface area contributed by atoms with Crippen molar-refractivity contribution in [1.29, 1.82) is 0 Å². The van der Waals surface area contributed by atoms with E-state index in [1.807, 2.05) is 11.7 Å². The summed E-state index contributed by atoms with van der Waals surface area (Å²) < 4.78 is 1.97. The molecule has 1 saturated carbocycles. The molecule has 0 unspecified atom stereocenters. The minimum atomic E-state index is 0.879. The Balaban J connectivity index is 1.87. The summed E-state index contributed by atoms with van der Waals surface area (Å²) in [4.78, 5) is 0. The molecular weight excluding hydrogens is 198 g/mol. The topological polar surface area (TPSA) is 29.9 Å². The SMILES string of the molecule is CCCc1cc(NCC2CCCC2)n(C)n1. The molecule has 0 radical (unpaired) electrons. The van der Waals surface area contributed by atoms with E-state index in [1.54, 1.807) is 0 Å². The highest BCUT2D eigenvalue weighted by molar-refractivity contribution is 5.37. The number of hydrogen-bond acceptors (Lipinski definition) is 2. The van der Waals surface area contributed by atoms with Crippen LogP contribution in [0.15, 0.2) is 6.07 Å². The molecule has 1 aromatic heterocycles. The number of nitrogens with one attached hydrogen (secondary N) is 1. The van der Waals surface area contributed by atoms with Crippen LogP contribution in [0.4, 0.5) is 5.82 Å². The lowest BCUT2D eigenvalue weighted by molar-refractivity contribution is 0.576. The van der Waals surface area contributed by atoms with Gasteiger partial charge in [-0.25, -0.2) is 0 Å². The first-order valence-corrected chi connectivity index (χ1v) is 6.56. The molecular formula is C13H23N3. The quantitative estimate of drug-likeness (QED) is 0.828. The van der Waals surface area contributed by atoms with Crippen molar-refractivity contribution in [3.63, 3.8) is 0 Å². The Bertz CT molecular complexity index is 324. The van der Waals surface area contributed by atoms with Crippen LogP contribution < -0.4 is 5.32 Å². The molecule has 0 bridgehead atoms. The number of rotatable bonds is 5. The van der Waals surface area contributed by atoms with Crippen molar-refractivity contribution >= 4 is 5.82 Å². The Hall–Kier alpha value is -0.990. The summed E-state index contributed by atoms with van der Waals surface area (Å²) in [5, 5.41) is 8.03. The van der Waals surface area contributed by atoms with Gasteiger partial charge in [0.15, 0.2) is 0 Å². The maximum Gasteiger partial charge on any atom is 0.124 e. The molecule has 3 heteroatoms. The van der Waals surface area contributed by atoms with Gasteiger partial charge >= 0.3 is 0 Å². The third kappa shape index (κ3) is 2.77. The normalized spacial score (nSPS) is 16.9. The van der Waals surface area contributed by atoms with Crippen molar-refractivity contribution in [3.8, 4) is 0 Å². The third-order valence-corrected chi connectivity index (χ3v) is 3.48. The van der Waals surface area contributed by atoms with Gasteiger partial charge in [0, 0.05) is 19.7 Å². The highest BCUT2D eigenvalue weighted by Crippen LogP contribution is 2.25. The molecule has 1 N–H and O–H groups in total. The smallest absolute Gasteiger partial charge is 0.124 e.